The Bertz CT molecular complexity index is 1070. The molecule has 0 radical (unpaired) electrons. The second-order valence-electron chi connectivity index (χ2n) is 7.55. The van der Waals surface area contributed by atoms with Crippen LogP contribution in [0.15, 0.2) is 65.8 Å². The standard InChI is InChI=1S/C25H25N3O2/c1-17-12-20-15-28(16-21(20)13-18(17)2)22-10-8-19(9-11-22)14-26-27-25(29)23-6-4-5-7-24(23)30-3/h4-14H,15-16H2,1-3H3,(H,27,29)/b26-14+. The van der Waals surface area contributed by atoms with Gasteiger partial charge >= 0.3 is 0 Å². The minimum atomic E-state index is -0.305. The molecule has 0 unspecified atom stereocenters. The molecule has 0 aliphatic carbocycles. The van der Waals surface area contributed by atoms with Crippen LogP contribution < -0.4 is 15.1 Å². The quantitative estimate of drug-likeness (QED) is 0.504. The maximum Gasteiger partial charge on any atom is 0.275 e. The molecule has 0 atom stereocenters. The zero-order valence-electron chi connectivity index (χ0n) is 17.5. The number of nitrogens with zero attached hydrogens (tertiary/aromatic N) is 2. The lowest BCUT2D eigenvalue weighted by Crippen LogP contribution is -2.18. The van der Waals surface area contributed by atoms with Crippen molar-refractivity contribution in [2.45, 2.75) is 26.9 Å². The Morgan fingerprint density at radius 2 is 1.63 bits per heavy atom. The summed E-state index contributed by atoms with van der Waals surface area (Å²) in [7, 11) is 1.54. The lowest BCUT2D eigenvalue weighted by molar-refractivity contribution is 0.0952. The molecule has 1 heterocycles. The van der Waals surface area contributed by atoms with E-state index in [4.69, 9.17) is 4.74 Å². The zero-order valence-corrected chi connectivity index (χ0v) is 17.5. The lowest BCUT2D eigenvalue weighted by Gasteiger charge is -2.17. The SMILES string of the molecule is COc1ccccc1C(=O)N/N=C/c1ccc(N2Cc3cc(C)c(C)cc3C2)cc1. The number of hydrogen-bond donors (Lipinski definition) is 1. The molecule has 0 bridgehead atoms. The molecule has 1 aliphatic heterocycles. The van der Waals surface area contributed by atoms with Crippen molar-refractivity contribution >= 4 is 17.8 Å². The number of rotatable bonds is 5. The number of methoxy groups -OCH3 is 1. The van der Waals surface area contributed by atoms with Crippen LogP contribution in [-0.2, 0) is 13.1 Å². The van der Waals surface area contributed by atoms with Gasteiger partial charge in [-0.2, -0.15) is 5.10 Å². The Hall–Kier alpha value is -3.60. The summed E-state index contributed by atoms with van der Waals surface area (Å²) in [5, 5.41) is 4.08. The summed E-state index contributed by atoms with van der Waals surface area (Å²) in [6.45, 7) is 6.19. The molecule has 0 saturated carbocycles. The van der Waals surface area contributed by atoms with E-state index in [2.05, 4.69) is 53.5 Å². The fourth-order valence-electron chi connectivity index (χ4n) is 3.71. The minimum Gasteiger partial charge on any atom is -0.496 e. The number of ether oxygens (including phenoxy) is 1. The number of amides is 1. The number of fused-ring (bicyclic) bond motifs is 1. The molecule has 1 aliphatic rings. The van der Waals surface area contributed by atoms with Gasteiger partial charge in [-0.15, -0.1) is 0 Å². The highest BCUT2D eigenvalue weighted by Gasteiger charge is 2.19. The van der Waals surface area contributed by atoms with E-state index < -0.39 is 0 Å². The van der Waals surface area contributed by atoms with Gasteiger partial charge in [-0.1, -0.05) is 36.4 Å². The fraction of sp³-hybridized carbons (Fsp3) is 0.200. The monoisotopic (exact) mass is 399 g/mol. The predicted octanol–water partition coefficient (Wildman–Crippen LogP) is 4.60. The van der Waals surface area contributed by atoms with Crippen LogP contribution in [0.25, 0.3) is 0 Å². The number of para-hydroxylation sites is 1. The number of anilines is 1. The van der Waals surface area contributed by atoms with Gasteiger partial charge < -0.3 is 9.64 Å². The molecule has 5 heteroatoms. The summed E-state index contributed by atoms with van der Waals surface area (Å²) in [6.07, 6.45) is 1.64. The molecule has 0 spiro atoms. The Labute approximate surface area is 177 Å². The Morgan fingerprint density at radius 3 is 2.27 bits per heavy atom. The zero-order chi connectivity index (χ0) is 21.1. The smallest absolute Gasteiger partial charge is 0.275 e. The molecule has 5 nitrogen and oxygen atoms in total. The third-order valence-corrected chi connectivity index (χ3v) is 5.53. The van der Waals surface area contributed by atoms with Crippen molar-refractivity contribution in [2.24, 2.45) is 5.10 Å². The average molecular weight is 399 g/mol. The van der Waals surface area contributed by atoms with Crippen LogP contribution in [0, 0.1) is 13.8 Å². The van der Waals surface area contributed by atoms with Crippen molar-refractivity contribution in [1.29, 1.82) is 0 Å². The van der Waals surface area contributed by atoms with Crippen molar-refractivity contribution < 1.29 is 9.53 Å². The minimum absolute atomic E-state index is 0.305. The molecule has 3 aromatic carbocycles. The van der Waals surface area contributed by atoms with Crippen molar-refractivity contribution in [3.05, 3.63) is 94.0 Å². The van der Waals surface area contributed by atoms with Gasteiger partial charge in [0.1, 0.15) is 5.75 Å². The summed E-state index contributed by atoms with van der Waals surface area (Å²) < 4.78 is 5.21. The van der Waals surface area contributed by atoms with Crippen molar-refractivity contribution in [3.63, 3.8) is 0 Å². The molecule has 4 rings (SSSR count). The predicted molar refractivity (Wildman–Crippen MR) is 120 cm³/mol. The number of carbonyl (C=O) groups is 1. The Kier molecular flexibility index (Phi) is 5.53. The number of nitrogens with one attached hydrogen (secondary N) is 1. The third kappa shape index (κ3) is 4.06. The first-order valence-electron chi connectivity index (χ1n) is 9.95. The number of carbonyl (C=O) groups excluding carboxylic acids is 1. The first-order chi connectivity index (χ1) is 14.5. The average Bonchev–Trinajstić information content (AvgIpc) is 3.17. The Balaban J connectivity index is 1.39. The van der Waals surface area contributed by atoms with Crippen LogP contribution in [0.1, 0.15) is 38.2 Å². The van der Waals surface area contributed by atoms with E-state index in [1.807, 2.05) is 18.2 Å². The second kappa shape index (κ2) is 8.41. The maximum absolute atomic E-state index is 12.3. The van der Waals surface area contributed by atoms with E-state index >= 15 is 0 Å². The highest BCUT2D eigenvalue weighted by Crippen LogP contribution is 2.30. The molecule has 0 saturated heterocycles. The van der Waals surface area contributed by atoms with Crippen LogP contribution >= 0.6 is 0 Å². The third-order valence-electron chi connectivity index (χ3n) is 5.53. The first-order valence-corrected chi connectivity index (χ1v) is 9.95. The molecule has 1 N–H and O–H groups in total. The first kappa shape index (κ1) is 19.7. The van der Waals surface area contributed by atoms with Gasteiger partial charge in [0.25, 0.3) is 5.91 Å². The molecule has 30 heavy (non-hydrogen) atoms. The van der Waals surface area contributed by atoms with E-state index in [9.17, 15) is 4.79 Å². The molecule has 3 aromatic rings. The number of benzene rings is 3. The van der Waals surface area contributed by atoms with Gasteiger partial charge in [-0.25, -0.2) is 5.43 Å². The molecule has 0 aromatic heterocycles. The van der Waals surface area contributed by atoms with Crippen molar-refractivity contribution in [3.8, 4) is 5.75 Å². The van der Waals surface area contributed by atoms with Crippen molar-refractivity contribution in [2.75, 3.05) is 12.0 Å². The number of hydrogen-bond acceptors (Lipinski definition) is 4. The Morgan fingerprint density at radius 1 is 1.00 bits per heavy atom. The summed E-state index contributed by atoms with van der Waals surface area (Å²) in [4.78, 5) is 14.7. The van der Waals surface area contributed by atoms with Gasteiger partial charge in [0.05, 0.1) is 18.9 Å². The largest absolute Gasteiger partial charge is 0.496 e. The maximum atomic E-state index is 12.3. The van der Waals surface area contributed by atoms with E-state index in [1.54, 1.807) is 24.4 Å². The van der Waals surface area contributed by atoms with Gasteiger partial charge in [0, 0.05) is 18.8 Å². The van der Waals surface area contributed by atoms with E-state index in [-0.39, 0.29) is 5.91 Å². The van der Waals surface area contributed by atoms with Gasteiger partial charge in [0.2, 0.25) is 0 Å². The van der Waals surface area contributed by atoms with Crippen LogP contribution in [0.4, 0.5) is 5.69 Å². The molecule has 0 fully saturated rings. The highest BCUT2D eigenvalue weighted by molar-refractivity contribution is 5.97. The van der Waals surface area contributed by atoms with Crippen molar-refractivity contribution in [1.82, 2.24) is 5.43 Å². The molecular formula is C25H25N3O2. The van der Waals surface area contributed by atoms with Gasteiger partial charge in [-0.3, -0.25) is 4.79 Å². The summed E-state index contributed by atoms with van der Waals surface area (Å²) in [5.41, 5.74) is 10.6. The molecule has 152 valence electrons. The van der Waals surface area contributed by atoms with E-state index in [0.717, 1.165) is 18.7 Å². The van der Waals surface area contributed by atoms with Crippen LogP contribution in [-0.4, -0.2) is 19.2 Å². The number of hydrazone groups is 1. The summed E-state index contributed by atoms with van der Waals surface area (Å²) in [6, 6.07) is 19.9. The normalized spacial score (nSPS) is 12.8. The van der Waals surface area contributed by atoms with Crippen LogP contribution in [0.3, 0.4) is 0 Å². The summed E-state index contributed by atoms with van der Waals surface area (Å²) in [5.74, 6) is 0.215. The van der Waals surface area contributed by atoms with Gasteiger partial charge in [0.15, 0.2) is 0 Å². The number of aryl methyl sites for hydroxylation is 2. The topological polar surface area (TPSA) is 53.9 Å². The van der Waals surface area contributed by atoms with Crippen LogP contribution in [0.5, 0.6) is 5.75 Å². The van der Waals surface area contributed by atoms with Gasteiger partial charge in [-0.05, 0) is 65.9 Å². The molecular weight excluding hydrogens is 374 g/mol. The second-order valence-corrected chi connectivity index (χ2v) is 7.55. The summed E-state index contributed by atoms with van der Waals surface area (Å²) >= 11 is 0. The fourth-order valence-corrected chi connectivity index (χ4v) is 3.71. The van der Waals surface area contributed by atoms with Crippen LogP contribution in [0.2, 0.25) is 0 Å². The van der Waals surface area contributed by atoms with E-state index in [0.29, 0.717) is 11.3 Å². The lowest BCUT2D eigenvalue weighted by atomic mass is 10.0. The van der Waals surface area contributed by atoms with E-state index in [1.165, 1.54) is 35.1 Å². The molecule has 1 amide bonds. The highest BCUT2D eigenvalue weighted by atomic mass is 16.5.